The predicted octanol–water partition coefficient (Wildman–Crippen LogP) is -0.897. The summed E-state index contributed by atoms with van der Waals surface area (Å²) in [6.07, 6.45) is 1.29. The number of aryl methyl sites for hydroxylation is 1. The summed E-state index contributed by atoms with van der Waals surface area (Å²) in [6, 6.07) is -1.10. The van der Waals surface area contributed by atoms with Crippen molar-refractivity contribution in [2.24, 2.45) is 12.5 Å². The average molecular weight is 373 g/mol. The van der Waals surface area contributed by atoms with Crippen molar-refractivity contribution in [3.05, 3.63) is 15.9 Å². The number of aromatic nitrogens is 2. The van der Waals surface area contributed by atoms with Crippen molar-refractivity contribution in [1.82, 2.24) is 19.6 Å². The Labute approximate surface area is 154 Å². The molecule has 27 heavy (non-hydrogen) atoms. The van der Waals surface area contributed by atoms with Gasteiger partial charge in [0.2, 0.25) is 11.8 Å². The number of ether oxygens (including phenoxy) is 1. The first-order chi connectivity index (χ1) is 12.8. The number of fused-ring (bicyclic) bond motifs is 1. The van der Waals surface area contributed by atoms with E-state index in [9.17, 15) is 19.2 Å². The normalized spacial score (nSPS) is 28.0. The fourth-order valence-electron chi connectivity index (χ4n) is 5.14. The summed E-state index contributed by atoms with van der Waals surface area (Å²) in [5.41, 5.74) is -0.889. The van der Waals surface area contributed by atoms with Crippen molar-refractivity contribution in [3.8, 4) is 5.88 Å². The lowest BCUT2D eigenvalue weighted by Gasteiger charge is -2.52. The van der Waals surface area contributed by atoms with Crippen LogP contribution in [0.25, 0.3) is 0 Å². The minimum atomic E-state index is -1.48. The molecule has 1 spiro atoms. The van der Waals surface area contributed by atoms with Gasteiger partial charge < -0.3 is 9.64 Å². The third-order valence-electron chi connectivity index (χ3n) is 6.43. The van der Waals surface area contributed by atoms with Gasteiger partial charge >= 0.3 is 6.03 Å². The first-order valence-electron chi connectivity index (χ1n) is 8.90. The van der Waals surface area contributed by atoms with E-state index in [-0.39, 0.29) is 18.0 Å². The highest BCUT2D eigenvalue weighted by atomic mass is 16.5. The Morgan fingerprint density at radius 1 is 1.04 bits per heavy atom. The van der Waals surface area contributed by atoms with E-state index in [1.54, 1.807) is 0 Å². The second-order valence-electron chi connectivity index (χ2n) is 7.69. The van der Waals surface area contributed by atoms with Crippen LogP contribution < -0.4 is 15.2 Å². The van der Waals surface area contributed by atoms with E-state index in [4.69, 9.17) is 4.74 Å². The SMILES string of the molecule is CN1C(=O)N(C)C(=O)C2(Cc3c4c(nn(C)c3=O)OCC3CCC2N43)C1=O. The Bertz CT molecular complexity index is 961. The van der Waals surface area contributed by atoms with Gasteiger partial charge in [0, 0.05) is 33.1 Å². The molecule has 0 bridgehead atoms. The van der Waals surface area contributed by atoms with E-state index in [1.807, 2.05) is 4.90 Å². The molecule has 4 aliphatic rings. The van der Waals surface area contributed by atoms with E-state index in [0.717, 1.165) is 16.2 Å². The fourth-order valence-corrected chi connectivity index (χ4v) is 5.14. The summed E-state index contributed by atoms with van der Waals surface area (Å²) in [7, 11) is 4.28. The maximum Gasteiger partial charge on any atom is 0.332 e. The van der Waals surface area contributed by atoms with Gasteiger partial charge in [-0.25, -0.2) is 9.48 Å². The third kappa shape index (κ3) is 1.68. The van der Waals surface area contributed by atoms with Gasteiger partial charge in [-0.15, -0.1) is 5.10 Å². The van der Waals surface area contributed by atoms with Crippen molar-refractivity contribution in [1.29, 1.82) is 0 Å². The van der Waals surface area contributed by atoms with Crippen molar-refractivity contribution in [3.63, 3.8) is 0 Å². The van der Waals surface area contributed by atoms with Gasteiger partial charge in [-0.05, 0) is 12.8 Å². The van der Waals surface area contributed by atoms with E-state index in [2.05, 4.69) is 5.10 Å². The number of barbiturate groups is 1. The van der Waals surface area contributed by atoms with Crippen LogP contribution in [0.2, 0.25) is 0 Å². The van der Waals surface area contributed by atoms with E-state index < -0.39 is 29.3 Å². The number of amides is 4. The molecule has 2 atom stereocenters. The van der Waals surface area contributed by atoms with Crippen molar-refractivity contribution < 1.29 is 19.1 Å². The molecule has 0 aromatic carbocycles. The molecule has 5 heterocycles. The van der Waals surface area contributed by atoms with Crippen molar-refractivity contribution >= 4 is 23.5 Å². The van der Waals surface area contributed by atoms with Crippen molar-refractivity contribution in [2.75, 3.05) is 25.6 Å². The molecular formula is C17H19N5O5. The molecule has 10 heteroatoms. The van der Waals surface area contributed by atoms with Crippen molar-refractivity contribution in [2.45, 2.75) is 31.3 Å². The zero-order valence-corrected chi connectivity index (χ0v) is 15.3. The minimum Gasteiger partial charge on any atom is -0.473 e. The number of anilines is 1. The molecule has 0 N–H and O–H groups in total. The Morgan fingerprint density at radius 3 is 2.37 bits per heavy atom. The van der Waals surface area contributed by atoms with Crippen LogP contribution in [-0.4, -0.2) is 70.2 Å². The van der Waals surface area contributed by atoms with Gasteiger partial charge in [0.15, 0.2) is 5.41 Å². The van der Waals surface area contributed by atoms with Crippen LogP contribution in [0.1, 0.15) is 18.4 Å². The Morgan fingerprint density at radius 2 is 1.70 bits per heavy atom. The molecule has 4 aliphatic heterocycles. The van der Waals surface area contributed by atoms with E-state index in [1.165, 1.54) is 25.8 Å². The van der Waals surface area contributed by atoms with Gasteiger partial charge in [-0.3, -0.25) is 24.2 Å². The highest BCUT2D eigenvalue weighted by Gasteiger charge is 2.66. The number of rotatable bonds is 0. The predicted molar refractivity (Wildman–Crippen MR) is 91.3 cm³/mol. The molecule has 1 aromatic rings. The first-order valence-corrected chi connectivity index (χ1v) is 8.90. The molecule has 2 fully saturated rings. The van der Waals surface area contributed by atoms with Gasteiger partial charge in [0.1, 0.15) is 12.3 Å². The zero-order chi connectivity index (χ0) is 19.2. The monoisotopic (exact) mass is 373 g/mol. The summed E-state index contributed by atoms with van der Waals surface area (Å²) >= 11 is 0. The molecule has 4 amide bonds. The van der Waals surface area contributed by atoms with Crippen LogP contribution >= 0.6 is 0 Å². The quantitative estimate of drug-likeness (QED) is 0.543. The fraction of sp³-hybridized carbons (Fsp3) is 0.588. The van der Waals surface area contributed by atoms with Gasteiger partial charge in [-0.2, -0.15) is 0 Å². The Kier molecular flexibility index (Phi) is 2.94. The highest BCUT2D eigenvalue weighted by Crippen LogP contribution is 2.53. The van der Waals surface area contributed by atoms with Gasteiger partial charge in [0.05, 0.1) is 12.1 Å². The van der Waals surface area contributed by atoms with Crippen LogP contribution in [0.15, 0.2) is 4.79 Å². The molecule has 5 rings (SSSR count). The van der Waals surface area contributed by atoms with Crippen LogP contribution in [0.4, 0.5) is 10.5 Å². The number of carbonyl (C=O) groups is 3. The topological polar surface area (TPSA) is 105 Å². The molecule has 0 saturated carbocycles. The maximum absolute atomic E-state index is 13.3. The first kappa shape index (κ1) is 16.3. The standard InChI is InChI=1S/C17H19N5O5/c1-19-14(24)17(15(25)20(2)16(19)26)6-9-11-12(18-21(3)13(9)23)27-7-8-4-5-10(17)22(8)11/h8,10H,4-7H2,1-3H3. The van der Waals surface area contributed by atoms with Gasteiger partial charge in [-0.1, -0.05) is 0 Å². The summed E-state index contributed by atoms with van der Waals surface area (Å²) < 4.78 is 6.94. The summed E-state index contributed by atoms with van der Waals surface area (Å²) in [4.78, 5) is 55.7. The largest absolute Gasteiger partial charge is 0.473 e. The maximum atomic E-state index is 13.3. The van der Waals surface area contributed by atoms with Crippen LogP contribution in [0, 0.1) is 5.41 Å². The highest BCUT2D eigenvalue weighted by molar-refractivity contribution is 6.20. The minimum absolute atomic E-state index is 0.0267. The number of nitrogens with zero attached hydrogens (tertiary/aromatic N) is 5. The third-order valence-corrected chi connectivity index (χ3v) is 6.43. The number of imide groups is 2. The molecule has 142 valence electrons. The smallest absolute Gasteiger partial charge is 0.332 e. The molecule has 0 radical (unpaired) electrons. The lowest BCUT2D eigenvalue weighted by Crippen LogP contribution is -2.71. The van der Waals surface area contributed by atoms with Crippen LogP contribution in [0.3, 0.4) is 0 Å². The molecular weight excluding hydrogens is 354 g/mol. The number of carbonyl (C=O) groups excluding carboxylic acids is 3. The van der Waals surface area contributed by atoms with E-state index >= 15 is 0 Å². The van der Waals surface area contributed by atoms with Gasteiger partial charge in [0.25, 0.3) is 11.4 Å². The zero-order valence-electron chi connectivity index (χ0n) is 15.3. The molecule has 0 aliphatic carbocycles. The lowest BCUT2D eigenvalue weighted by atomic mass is 9.68. The summed E-state index contributed by atoms with van der Waals surface area (Å²) in [6.45, 7) is 0.386. The second kappa shape index (κ2) is 4.87. The Hall–Kier alpha value is -2.91. The van der Waals surface area contributed by atoms with Crippen LogP contribution in [-0.2, 0) is 23.1 Å². The number of urea groups is 1. The van der Waals surface area contributed by atoms with Crippen LogP contribution in [0.5, 0.6) is 5.88 Å². The Balaban J connectivity index is 1.81. The van der Waals surface area contributed by atoms with E-state index in [0.29, 0.717) is 30.2 Å². The number of hydrogen-bond donors (Lipinski definition) is 0. The summed E-state index contributed by atoms with van der Waals surface area (Å²) in [5, 5.41) is 4.21. The molecule has 10 nitrogen and oxygen atoms in total. The second-order valence-corrected chi connectivity index (χ2v) is 7.69. The summed E-state index contributed by atoms with van der Waals surface area (Å²) in [5.74, 6) is -0.726. The average Bonchev–Trinajstić information content (AvgIpc) is 3.10. The number of hydrogen-bond acceptors (Lipinski definition) is 7. The lowest BCUT2D eigenvalue weighted by molar-refractivity contribution is -0.159. The molecule has 2 unspecified atom stereocenters. The molecule has 1 aromatic heterocycles. The molecule has 2 saturated heterocycles.